The Morgan fingerprint density at radius 1 is 1.43 bits per heavy atom. The fourth-order valence-corrected chi connectivity index (χ4v) is 5.04. The Kier molecular flexibility index (Phi) is 5.79. The van der Waals surface area contributed by atoms with E-state index in [0.717, 1.165) is 24.3 Å². The summed E-state index contributed by atoms with van der Waals surface area (Å²) >= 11 is 1.46. The van der Waals surface area contributed by atoms with E-state index in [1.807, 2.05) is 26.2 Å². The first-order valence-electron chi connectivity index (χ1n) is 7.34. The van der Waals surface area contributed by atoms with Crippen molar-refractivity contribution < 1.29 is 13.2 Å². The quantitative estimate of drug-likeness (QED) is 0.802. The predicted octanol–water partition coefficient (Wildman–Crippen LogP) is 2.09. The Hall–Kier alpha value is -0.470. The molecule has 0 aliphatic carbocycles. The Labute approximate surface area is 131 Å². The van der Waals surface area contributed by atoms with Crippen molar-refractivity contribution in [2.24, 2.45) is 0 Å². The number of ether oxygens (including phenoxy) is 1. The largest absolute Gasteiger partial charge is 0.377 e. The molecule has 1 aromatic heterocycles. The lowest BCUT2D eigenvalue weighted by Gasteiger charge is -2.20. The van der Waals surface area contributed by atoms with Crippen LogP contribution in [0.2, 0.25) is 0 Å². The first-order valence-corrected chi connectivity index (χ1v) is 9.70. The summed E-state index contributed by atoms with van der Waals surface area (Å²) in [6.07, 6.45) is 1.89. The van der Waals surface area contributed by atoms with E-state index in [-0.39, 0.29) is 12.1 Å². The molecule has 0 saturated carbocycles. The molecule has 1 aliphatic heterocycles. The van der Waals surface area contributed by atoms with Gasteiger partial charge in [0.2, 0.25) is 10.0 Å². The highest BCUT2D eigenvalue weighted by atomic mass is 32.2. The van der Waals surface area contributed by atoms with E-state index in [1.54, 1.807) is 6.07 Å². The van der Waals surface area contributed by atoms with Crippen molar-refractivity contribution in [1.82, 2.24) is 10.0 Å². The monoisotopic (exact) mass is 332 g/mol. The van der Waals surface area contributed by atoms with Crippen LogP contribution in [0.1, 0.15) is 38.5 Å². The zero-order valence-electron chi connectivity index (χ0n) is 12.8. The average Bonchev–Trinajstić information content (AvgIpc) is 3.07. The van der Waals surface area contributed by atoms with Gasteiger partial charge < -0.3 is 10.1 Å². The predicted molar refractivity (Wildman–Crippen MR) is 85.1 cm³/mol. The highest BCUT2D eigenvalue weighted by Gasteiger charge is 2.28. The summed E-state index contributed by atoms with van der Waals surface area (Å²) in [5.41, 5.74) is 0. The topological polar surface area (TPSA) is 67.4 Å². The number of hydrogen-bond acceptors (Lipinski definition) is 5. The van der Waals surface area contributed by atoms with Gasteiger partial charge in [-0.3, -0.25) is 0 Å². The minimum atomic E-state index is -3.49. The molecule has 120 valence electrons. The van der Waals surface area contributed by atoms with Crippen molar-refractivity contribution in [2.75, 3.05) is 6.61 Å². The Bertz CT molecular complexity index is 548. The molecular formula is C14H24N2O3S2. The number of hydrogen-bond donors (Lipinski definition) is 2. The van der Waals surface area contributed by atoms with Crippen LogP contribution in [-0.4, -0.2) is 33.2 Å². The molecule has 1 aromatic rings. The van der Waals surface area contributed by atoms with Gasteiger partial charge >= 0.3 is 0 Å². The van der Waals surface area contributed by atoms with Gasteiger partial charge in [-0.2, -0.15) is 0 Å². The molecule has 0 amide bonds. The molecule has 2 unspecified atom stereocenters. The summed E-state index contributed by atoms with van der Waals surface area (Å²) in [5, 5.41) is 5.08. The fourth-order valence-electron chi connectivity index (χ4n) is 2.38. The molecule has 2 atom stereocenters. The van der Waals surface area contributed by atoms with E-state index >= 15 is 0 Å². The van der Waals surface area contributed by atoms with Crippen molar-refractivity contribution >= 4 is 21.4 Å². The second-order valence-corrected chi connectivity index (χ2v) is 8.39. The molecule has 7 heteroatoms. The SMILES string of the molecule is CC(C)NCc1sccc1S(=O)(=O)NC(C)C1CCCO1. The van der Waals surface area contributed by atoms with E-state index in [1.165, 1.54) is 11.3 Å². The fraction of sp³-hybridized carbons (Fsp3) is 0.714. The molecule has 0 bridgehead atoms. The van der Waals surface area contributed by atoms with Gasteiger partial charge in [0, 0.05) is 30.1 Å². The molecule has 0 aromatic carbocycles. The number of rotatable bonds is 7. The van der Waals surface area contributed by atoms with Crippen molar-refractivity contribution in [1.29, 1.82) is 0 Å². The molecule has 2 heterocycles. The summed E-state index contributed by atoms with van der Waals surface area (Å²) in [7, 11) is -3.49. The van der Waals surface area contributed by atoms with Gasteiger partial charge in [-0.1, -0.05) is 13.8 Å². The highest BCUT2D eigenvalue weighted by Crippen LogP contribution is 2.23. The van der Waals surface area contributed by atoms with Crippen LogP contribution in [-0.2, 0) is 21.3 Å². The van der Waals surface area contributed by atoms with Crippen LogP contribution in [0.25, 0.3) is 0 Å². The van der Waals surface area contributed by atoms with Crippen LogP contribution in [0.3, 0.4) is 0 Å². The summed E-state index contributed by atoms with van der Waals surface area (Å²) in [5.74, 6) is 0. The van der Waals surface area contributed by atoms with Crippen LogP contribution in [0.4, 0.5) is 0 Å². The molecule has 1 aliphatic rings. The van der Waals surface area contributed by atoms with Crippen LogP contribution in [0, 0.1) is 0 Å². The first-order chi connectivity index (χ1) is 9.90. The van der Waals surface area contributed by atoms with Crippen molar-refractivity contribution in [3.63, 3.8) is 0 Å². The molecule has 5 nitrogen and oxygen atoms in total. The Balaban J connectivity index is 2.06. The Morgan fingerprint density at radius 3 is 2.81 bits per heavy atom. The third-order valence-corrected chi connectivity index (χ3v) is 6.22. The van der Waals surface area contributed by atoms with Crippen LogP contribution in [0.15, 0.2) is 16.3 Å². The van der Waals surface area contributed by atoms with E-state index in [4.69, 9.17) is 4.74 Å². The number of nitrogens with one attached hydrogen (secondary N) is 2. The summed E-state index contributed by atoms with van der Waals surface area (Å²) in [4.78, 5) is 1.22. The molecule has 1 saturated heterocycles. The molecule has 2 rings (SSSR count). The number of thiophene rings is 1. The summed E-state index contributed by atoms with van der Waals surface area (Å²) in [6, 6.07) is 1.79. The standard InChI is InChI=1S/C14H24N2O3S2/c1-10(2)15-9-13-14(6-8-20-13)21(17,18)16-11(3)12-5-4-7-19-12/h6,8,10-12,15-16H,4-5,7,9H2,1-3H3. The average molecular weight is 332 g/mol. The molecule has 21 heavy (non-hydrogen) atoms. The second kappa shape index (κ2) is 7.19. The van der Waals surface area contributed by atoms with E-state index in [2.05, 4.69) is 10.0 Å². The van der Waals surface area contributed by atoms with Crippen molar-refractivity contribution in [2.45, 2.75) is 63.2 Å². The minimum Gasteiger partial charge on any atom is -0.377 e. The highest BCUT2D eigenvalue weighted by molar-refractivity contribution is 7.89. The maximum atomic E-state index is 12.5. The van der Waals surface area contributed by atoms with Crippen LogP contribution >= 0.6 is 11.3 Å². The maximum Gasteiger partial charge on any atom is 0.242 e. The lowest BCUT2D eigenvalue weighted by atomic mass is 10.1. The zero-order chi connectivity index (χ0) is 15.5. The molecule has 2 N–H and O–H groups in total. The normalized spacial score (nSPS) is 21.0. The summed E-state index contributed by atoms with van der Waals surface area (Å²) in [6.45, 7) is 7.24. The zero-order valence-corrected chi connectivity index (χ0v) is 14.4. The van der Waals surface area contributed by atoms with Gasteiger partial charge in [0.25, 0.3) is 0 Å². The third kappa shape index (κ3) is 4.50. The molecular weight excluding hydrogens is 308 g/mol. The van der Waals surface area contributed by atoms with Gasteiger partial charge in [0.15, 0.2) is 0 Å². The lowest BCUT2D eigenvalue weighted by molar-refractivity contribution is 0.0902. The maximum absolute atomic E-state index is 12.5. The molecule has 1 fully saturated rings. The van der Waals surface area contributed by atoms with Gasteiger partial charge in [-0.05, 0) is 31.2 Å². The second-order valence-electron chi connectivity index (χ2n) is 5.71. The van der Waals surface area contributed by atoms with Crippen molar-refractivity contribution in [3.8, 4) is 0 Å². The molecule has 0 radical (unpaired) electrons. The molecule has 0 spiro atoms. The third-order valence-electron chi connectivity index (χ3n) is 3.53. The van der Waals surface area contributed by atoms with Gasteiger partial charge in [-0.15, -0.1) is 11.3 Å². The van der Waals surface area contributed by atoms with Gasteiger partial charge in [0.05, 0.1) is 11.0 Å². The van der Waals surface area contributed by atoms with E-state index in [0.29, 0.717) is 17.5 Å². The van der Waals surface area contributed by atoms with Gasteiger partial charge in [-0.25, -0.2) is 13.1 Å². The smallest absolute Gasteiger partial charge is 0.242 e. The van der Waals surface area contributed by atoms with Crippen molar-refractivity contribution in [3.05, 3.63) is 16.3 Å². The van der Waals surface area contributed by atoms with E-state index < -0.39 is 10.0 Å². The van der Waals surface area contributed by atoms with E-state index in [9.17, 15) is 8.42 Å². The first kappa shape index (κ1) is 16.9. The summed E-state index contributed by atoms with van der Waals surface area (Å²) < 4.78 is 33.4. The Morgan fingerprint density at radius 2 is 2.19 bits per heavy atom. The minimum absolute atomic E-state index is 0.0179. The number of sulfonamides is 1. The van der Waals surface area contributed by atoms with Crippen LogP contribution < -0.4 is 10.0 Å². The van der Waals surface area contributed by atoms with Crippen LogP contribution in [0.5, 0.6) is 0 Å². The van der Waals surface area contributed by atoms with Gasteiger partial charge in [0.1, 0.15) is 0 Å². The lowest BCUT2D eigenvalue weighted by Crippen LogP contribution is -2.41.